The Labute approximate surface area is 217 Å². The van der Waals surface area contributed by atoms with Crippen molar-refractivity contribution in [2.75, 3.05) is 0 Å². The number of hydrogen-bond acceptors (Lipinski definition) is 1. The van der Waals surface area contributed by atoms with Crippen LogP contribution in [-0.2, 0) is 2.79 Å². The topological polar surface area (TPSA) is 9.23 Å². The van der Waals surface area contributed by atoms with Crippen molar-refractivity contribution in [2.45, 2.75) is 153 Å². The molecule has 0 aliphatic rings. The van der Waals surface area contributed by atoms with Crippen LogP contribution < -0.4 is 0 Å². The third-order valence-corrected chi connectivity index (χ3v) is 33.9. The van der Waals surface area contributed by atoms with Crippen molar-refractivity contribution in [2.24, 2.45) is 35.5 Å². The molecular weight excluding hydrogens is 522 g/mol. The van der Waals surface area contributed by atoms with Gasteiger partial charge in [-0.25, -0.2) is 0 Å². The molecule has 0 amide bonds. The Hall–Kier alpha value is 1.05. The first kappa shape index (κ1) is 34.0. The van der Waals surface area contributed by atoms with Crippen LogP contribution >= 0.6 is 0 Å². The maximum absolute atomic E-state index is 8.10. The summed E-state index contributed by atoms with van der Waals surface area (Å²) in [5.74, 6) is 4.84. The molecule has 33 heavy (non-hydrogen) atoms. The third kappa shape index (κ3) is 17.2. The second-order valence-corrected chi connectivity index (χ2v) is 32.9. The van der Waals surface area contributed by atoms with Crippen molar-refractivity contribution in [3.63, 3.8) is 0 Å². The average Bonchev–Trinajstić information content (AvgIpc) is 2.69. The summed E-state index contributed by atoms with van der Waals surface area (Å²) in [5, 5.41) is 8.80. The summed E-state index contributed by atoms with van der Waals surface area (Å²) in [4.78, 5) is 0. The molecule has 0 aliphatic heterocycles. The van der Waals surface area contributed by atoms with Crippen molar-refractivity contribution < 1.29 is 2.79 Å². The normalized spacial score (nSPS) is 13.6. The fraction of sp³-hybridized carbons (Fsp3) is 1.00. The third-order valence-electron chi connectivity index (χ3n) is 7.50. The van der Waals surface area contributed by atoms with E-state index in [0.717, 1.165) is 35.5 Å². The van der Waals surface area contributed by atoms with Crippen molar-refractivity contribution in [1.29, 1.82) is 0 Å². The Kier molecular flexibility index (Phi) is 18.0. The molecule has 0 aromatic heterocycles. The van der Waals surface area contributed by atoms with E-state index >= 15 is 0 Å². The Balaban J connectivity index is 6.25. The Bertz CT molecular complexity index is 363. The molecule has 0 saturated carbocycles. The second-order valence-electron chi connectivity index (χ2n) is 14.1. The van der Waals surface area contributed by atoms with Crippen LogP contribution in [0.2, 0.25) is 31.5 Å². The molecule has 0 aromatic rings. The fourth-order valence-electron chi connectivity index (χ4n) is 4.83. The van der Waals surface area contributed by atoms with Gasteiger partial charge in [0.25, 0.3) is 0 Å². The van der Waals surface area contributed by atoms with Gasteiger partial charge in [0, 0.05) is 0 Å². The van der Waals surface area contributed by atoms with Crippen LogP contribution in [0.3, 0.4) is 0 Å². The van der Waals surface area contributed by atoms with Gasteiger partial charge in [0.2, 0.25) is 0 Å². The zero-order valence-corrected chi connectivity index (χ0v) is 29.6. The predicted molar refractivity (Wildman–Crippen MR) is 158 cm³/mol. The average molecular weight is 588 g/mol. The quantitative estimate of drug-likeness (QED) is 0.129. The molecule has 0 aliphatic carbocycles. The molecule has 0 aromatic carbocycles. The summed E-state index contributed by atoms with van der Waals surface area (Å²) in [7, 11) is 0. The van der Waals surface area contributed by atoms with Gasteiger partial charge in [0.05, 0.1) is 0 Å². The summed E-state index contributed by atoms with van der Waals surface area (Å²) in [6, 6.07) is 0. The van der Waals surface area contributed by atoms with E-state index < -0.39 is 27.2 Å². The maximum atomic E-state index is 8.10. The van der Waals surface area contributed by atoms with Gasteiger partial charge in [0.1, 0.15) is 0 Å². The molecule has 0 N–H and O–H groups in total. The summed E-state index contributed by atoms with van der Waals surface area (Å²) < 4.78 is 8.10. The summed E-state index contributed by atoms with van der Waals surface area (Å²) >= 11 is -4.82. The molecule has 0 spiro atoms. The van der Waals surface area contributed by atoms with Crippen molar-refractivity contribution in [3.8, 4) is 0 Å². The first-order chi connectivity index (χ1) is 15.2. The van der Waals surface area contributed by atoms with Crippen LogP contribution in [0.5, 0.6) is 0 Å². The van der Waals surface area contributed by atoms with Crippen molar-refractivity contribution >= 4 is 27.2 Å². The van der Waals surface area contributed by atoms with E-state index in [-0.39, 0.29) is 0 Å². The van der Waals surface area contributed by atoms with Crippen LogP contribution in [-0.4, -0.2) is 27.2 Å². The summed E-state index contributed by atoms with van der Waals surface area (Å²) in [5.41, 5.74) is 0. The van der Waals surface area contributed by atoms with Gasteiger partial charge < -0.3 is 0 Å². The molecule has 0 radical (unpaired) electrons. The van der Waals surface area contributed by atoms with E-state index in [0.29, 0.717) is 0 Å². The zero-order valence-electron chi connectivity index (χ0n) is 25.4. The number of rotatable bonds is 20. The van der Waals surface area contributed by atoms with Crippen LogP contribution in [0.1, 0.15) is 122 Å². The van der Waals surface area contributed by atoms with Gasteiger partial charge in [0.15, 0.2) is 0 Å². The molecular formula is C30H66Ge2O. The SMILES string of the molecule is CC(C)C[CH2][Ge]([CH2]CC(C)C)([CH2]CC(C)C)[O][Ge]([CH2]CC(C)C)([CH2]CC(C)C)[CH2]CC(C)C. The molecule has 0 heterocycles. The Morgan fingerprint density at radius 3 is 0.606 bits per heavy atom. The van der Waals surface area contributed by atoms with Gasteiger partial charge >= 0.3 is 219 Å². The van der Waals surface area contributed by atoms with Gasteiger partial charge in [-0.05, 0) is 0 Å². The van der Waals surface area contributed by atoms with E-state index in [1.54, 1.807) is 0 Å². The van der Waals surface area contributed by atoms with Gasteiger partial charge in [-0.1, -0.05) is 0 Å². The molecule has 0 saturated heterocycles. The minimum absolute atomic E-state index is 0.806. The molecule has 3 heteroatoms. The van der Waals surface area contributed by atoms with Gasteiger partial charge in [-0.15, -0.1) is 0 Å². The van der Waals surface area contributed by atoms with Crippen LogP contribution in [0, 0.1) is 35.5 Å². The standard InChI is InChI=1S/C30H66Ge2O/c1-25(2)13-19-31(20-14-26(3)4,21-15-27(5)6)33-32(22-16-28(7)8,23-17-29(9)10)24-18-30(11)12/h25-30H,13-24H2,1-12H3. The van der Waals surface area contributed by atoms with Crippen molar-refractivity contribution in [3.05, 3.63) is 0 Å². The molecule has 0 atom stereocenters. The van der Waals surface area contributed by atoms with E-state index in [2.05, 4.69) is 83.1 Å². The van der Waals surface area contributed by atoms with Crippen LogP contribution in [0.15, 0.2) is 0 Å². The zero-order chi connectivity index (χ0) is 25.7. The predicted octanol–water partition coefficient (Wildman–Crippen LogP) is 11.2. The van der Waals surface area contributed by atoms with E-state index in [1.807, 2.05) is 0 Å². The molecule has 200 valence electrons. The Morgan fingerprint density at radius 2 is 0.485 bits per heavy atom. The van der Waals surface area contributed by atoms with E-state index in [4.69, 9.17) is 2.79 Å². The van der Waals surface area contributed by atoms with Gasteiger partial charge in [-0.2, -0.15) is 0 Å². The van der Waals surface area contributed by atoms with E-state index in [1.165, 1.54) is 70.0 Å². The number of hydrogen-bond donors (Lipinski definition) is 0. The first-order valence-electron chi connectivity index (χ1n) is 14.9. The van der Waals surface area contributed by atoms with Gasteiger partial charge in [-0.3, -0.25) is 0 Å². The first-order valence-corrected chi connectivity index (χ1v) is 25.5. The van der Waals surface area contributed by atoms with Crippen molar-refractivity contribution in [1.82, 2.24) is 0 Å². The molecule has 1 nitrogen and oxygen atoms in total. The molecule has 0 unspecified atom stereocenters. The molecule has 0 rings (SSSR count). The fourth-order valence-corrected chi connectivity index (χ4v) is 41.8. The Morgan fingerprint density at radius 1 is 0.333 bits per heavy atom. The van der Waals surface area contributed by atoms with E-state index in [9.17, 15) is 0 Å². The molecule has 0 fully saturated rings. The van der Waals surface area contributed by atoms with Crippen LogP contribution in [0.25, 0.3) is 0 Å². The summed E-state index contributed by atoms with van der Waals surface area (Å²) in [6.07, 6.45) is 8.38. The monoisotopic (exact) mass is 590 g/mol. The molecule has 0 bridgehead atoms. The second kappa shape index (κ2) is 17.5. The minimum atomic E-state index is -2.41. The summed E-state index contributed by atoms with van der Waals surface area (Å²) in [6.45, 7) is 29.2. The van der Waals surface area contributed by atoms with Crippen LogP contribution in [0.4, 0.5) is 0 Å².